The molecule has 0 unspecified atom stereocenters. The van der Waals surface area contributed by atoms with Crippen LogP contribution < -0.4 is 4.74 Å². The van der Waals surface area contributed by atoms with Gasteiger partial charge in [-0.1, -0.05) is 6.92 Å². The molecular formula is C20H19F4N3O3. The number of hydrogen-bond acceptors (Lipinski definition) is 5. The highest BCUT2D eigenvalue weighted by Crippen LogP contribution is 2.35. The lowest BCUT2D eigenvalue weighted by molar-refractivity contribution is -0.153. The van der Waals surface area contributed by atoms with Gasteiger partial charge in [-0.2, -0.15) is 13.2 Å². The molecule has 2 aromatic heterocycles. The van der Waals surface area contributed by atoms with Crippen molar-refractivity contribution in [3.63, 3.8) is 0 Å². The maximum Gasteiger partial charge on any atom is 0.422 e. The van der Waals surface area contributed by atoms with Crippen molar-refractivity contribution >= 4 is 17.1 Å². The first kappa shape index (κ1) is 21.5. The molecule has 0 bridgehead atoms. The zero-order valence-electron chi connectivity index (χ0n) is 16.5. The molecule has 0 N–H and O–H groups in total. The molecule has 3 rings (SSSR count). The Kier molecular flexibility index (Phi) is 5.95. The van der Waals surface area contributed by atoms with Crippen LogP contribution in [0, 0.1) is 5.82 Å². The van der Waals surface area contributed by atoms with E-state index in [9.17, 15) is 22.4 Å². The molecule has 0 atom stereocenters. The number of esters is 1. The third-order valence-electron chi connectivity index (χ3n) is 4.33. The summed E-state index contributed by atoms with van der Waals surface area (Å²) in [5, 5.41) is 0. The quantitative estimate of drug-likeness (QED) is 0.431. The van der Waals surface area contributed by atoms with Crippen molar-refractivity contribution in [2.24, 2.45) is 7.05 Å². The number of aromatic nitrogens is 3. The van der Waals surface area contributed by atoms with Crippen molar-refractivity contribution in [1.29, 1.82) is 0 Å². The van der Waals surface area contributed by atoms with Gasteiger partial charge in [0.15, 0.2) is 29.2 Å². The second-order valence-electron chi connectivity index (χ2n) is 6.41. The topological polar surface area (TPSA) is 66.2 Å². The molecule has 2 heterocycles. The number of halogens is 4. The first-order chi connectivity index (χ1) is 14.2. The molecule has 10 heteroatoms. The number of hydrogen-bond donors (Lipinski definition) is 0. The normalized spacial score (nSPS) is 11.7. The lowest BCUT2D eigenvalue weighted by atomic mass is 10.1. The van der Waals surface area contributed by atoms with E-state index in [0.29, 0.717) is 23.4 Å². The zero-order chi connectivity index (χ0) is 22.1. The second kappa shape index (κ2) is 8.29. The van der Waals surface area contributed by atoms with Crippen molar-refractivity contribution in [3.05, 3.63) is 41.5 Å². The predicted octanol–water partition coefficient (Wildman–Crippen LogP) is 4.45. The highest BCUT2D eigenvalue weighted by atomic mass is 19.4. The van der Waals surface area contributed by atoms with Crippen LogP contribution in [0.5, 0.6) is 5.75 Å². The van der Waals surface area contributed by atoms with Crippen LogP contribution in [0.1, 0.15) is 30.0 Å². The van der Waals surface area contributed by atoms with Crippen LogP contribution in [0.2, 0.25) is 0 Å². The SMILES string of the molecule is CCOC(=O)c1c(OCC(F)(F)F)c2nc(-c3ccc(F)cc3)c(CC)nc2n1C. The fourth-order valence-corrected chi connectivity index (χ4v) is 3.02. The summed E-state index contributed by atoms with van der Waals surface area (Å²) in [6, 6.07) is 5.49. The number of fused-ring (bicyclic) bond motifs is 1. The Morgan fingerprint density at radius 2 is 1.80 bits per heavy atom. The van der Waals surface area contributed by atoms with Gasteiger partial charge in [-0.3, -0.25) is 0 Å². The maximum absolute atomic E-state index is 13.3. The molecule has 0 aliphatic heterocycles. The summed E-state index contributed by atoms with van der Waals surface area (Å²) in [5.41, 5.74) is 1.38. The zero-order valence-corrected chi connectivity index (χ0v) is 16.5. The van der Waals surface area contributed by atoms with E-state index in [0.717, 1.165) is 0 Å². The minimum absolute atomic E-state index is 0.0127. The van der Waals surface area contributed by atoms with E-state index in [1.165, 1.54) is 35.9 Å². The van der Waals surface area contributed by atoms with Crippen LogP contribution in [0.15, 0.2) is 24.3 Å². The van der Waals surface area contributed by atoms with E-state index < -0.39 is 24.6 Å². The summed E-state index contributed by atoms with van der Waals surface area (Å²) < 4.78 is 63.0. The van der Waals surface area contributed by atoms with Crippen LogP contribution >= 0.6 is 0 Å². The second-order valence-corrected chi connectivity index (χ2v) is 6.41. The molecule has 0 amide bonds. The van der Waals surface area contributed by atoms with Crippen molar-refractivity contribution in [1.82, 2.24) is 14.5 Å². The van der Waals surface area contributed by atoms with Crippen LogP contribution in [-0.2, 0) is 18.2 Å². The number of benzene rings is 1. The average Bonchev–Trinajstić information content (AvgIpc) is 2.97. The summed E-state index contributed by atoms with van der Waals surface area (Å²) in [6.07, 6.45) is -4.17. The molecule has 0 saturated heterocycles. The molecule has 0 spiro atoms. The predicted molar refractivity (Wildman–Crippen MR) is 101 cm³/mol. The van der Waals surface area contributed by atoms with Gasteiger partial charge in [-0.25, -0.2) is 19.2 Å². The van der Waals surface area contributed by atoms with Gasteiger partial charge in [0.05, 0.1) is 18.0 Å². The maximum atomic E-state index is 13.3. The van der Waals surface area contributed by atoms with Crippen molar-refractivity contribution in [2.75, 3.05) is 13.2 Å². The van der Waals surface area contributed by atoms with E-state index in [1.54, 1.807) is 6.92 Å². The van der Waals surface area contributed by atoms with Crippen LogP contribution in [0.3, 0.4) is 0 Å². The van der Waals surface area contributed by atoms with Gasteiger partial charge in [-0.15, -0.1) is 0 Å². The smallest absolute Gasteiger partial charge is 0.422 e. The van der Waals surface area contributed by atoms with E-state index in [4.69, 9.17) is 9.47 Å². The Bertz CT molecular complexity index is 1080. The Labute approximate surface area is 169 Å². The highest BCUT2D eigenvalue weighted by molar-refractivity contribution is 5.99. The summed E-state index contributed by atoms with van der Waals surface area (Å²) in [7, 11) is 1.47. The van der Waals surface area contributed by atoms with E-state index >= 15 is 0 Å². The molecular weight excluding hydrogens is 406 g/mol. The lowest BCUT2D eigenvalue weighted by Gasteiger charge is -2.11. The van der Waals surface area contributed by atoms with Gasteiger partial charge in [0, 0.05) is 12.6 Å². The summed E-state index contributed by atoms with van der Waals surface area (Å²) in [4.78, 5) is 21.4. The number of carbonyl (C=O) groups is 1. The Hall–Kier alpha value is -3.17. The van der Waals surface area contributed by atoms with Gasteiger partial charge < -0.3 is 14.0 Å². The van der Waals surface area contributed by atoms with Gasteiger partial charge in [-0.05, 0) is 37.6 Å². The monoisotopic (exact) mass is 425 g/mol. The molecule has 0 radical (unpaired) electrons. The molecule has 1 aromatic carbocycles. The van der Waals surface area contributed by atoms with Crippen molar-refractivity contribution in [3.8, 4) is 17.0 Å². The highest BCUT2D eigenvalue weighted by Gasteiger charge is 2.33. The molecule has 0 aliphatic carbocycles. The third-order valence-corrected chi connectivity index (χ3v) is 4.33. The average molecular weight is 425 g/mol. The third kappa shape index (κ3) is 4.22. The Balaban J connectivity index is 2.26. The van der Waals surface area contributed by atoms with E-state index in [1.807, 2.05) is 6.92 Å². The van der Waals surface area contributed by atoms with Gasteiger partial charge in [0.2, 0.25) is 0 Å². The Morgan fingerprint density at radius 1 is 1.13 bits per heavy atom. The van der Waals surface area contributed by atoms with E-state index in [2.05, 4.69) is 9.97 Å². The number of aryl methyl sites for hydroxylation is 2. The fourth-order valence-electron chi connectivity index (χ4n) is 3.02. The van der Waals surface area contributed by atoms with E-state index in [-0.39, 0.29) is 29.2 Å². The molecule has 0 aliphatic rings. The van der Waals surface area contributed by atoms with Gasteiger partial charge in [0.25, 0.3) is 0 Å². The lowest BCUT2D eigenvalue weighted by Crippen LogP contribution is -2.21. The number of rotatable bonds is 6. The van der Waals surface area contributed by atoms with Crippen LogP contribution in [0.4, 0.5) is 17.6 Å². The summed E-state index contributed by atoms with van der Waals surface area (Å²) in [5.74, 6) is -1.65. The minimum atomic E-state index is -4.62. The first-order valence-electron chi connectivity index (χ1n) is 9.18. The van der Waals surface area contributed by atoms with Crippen molar-refractivity contribution in [2.45, 2.75) is 26.4 Å². The van der Waals surface area contributed by atoms with Crippen LogP contribution in [-0.4, -0.2) is 39.9 Å². The minimum Gasteiger partial charge on any atom is -0.479 e. The Morgan fingerprint density at radius 3 is 2.37 bits per heavy atom. The number of carbonyl (C=O) groups excluding carboxylic acids is 1. The first-order valence-corrected chi connectivity index (χ1v) is 9.18. The molecule has 0 saturated carbocycles. The molecule has 30 heavy (non-hydrogen) atoms. The molecule has 160 valence electrons. The van der Waals surface area contributed by atoms with Gasteiger partial charge in [0.1, 0.15) is 5.82 Å². The molecule has 6 nitrogen and oxygen atoms in total. The fraction of sp³-hybridized carbons (Fsp3) is 0.350. The van der Waals surface area contributed by atoms with Crippen LogP contribution in [0.25, 0.3) is 22.4 Å². The summed E-state index contributed by atoms with van der Waals surface area (Å²) >= 11 is 0. The molecule has 3 aromatic rings. The number of alkyl halides is 3. The standard InChI is InChI=1S/C20H19F4N3O3/c1-4-13-14(11-6-8-12(21)9-7-11)26-15-17(30-10-20(22,23)24)16(19(28)29-5-2)27(3)18(15)25-13/h6-9H,4-5,10H2,1-3H3. The van der Waals surface area contributed by atoms with Crippen molar-refractivity contribution < 1.29 is 31.8 Å². The number of ether oxygens (including phenoxy) is 2. The number of nitrogens with zero attached hydrogens (tertiary/aromatic N) is 3. The summed E-state index contributed by atoms with van der Waals surface area (Å²) in [6.45, 7) is 1.83. The molecule has 0 fully saturated rings. The van der Waals surface area contributed by atoms with Gasteiger partial charge >= 0.3 is 12.1 Å². The largest absolute Gasteiger partial charge is 0.479 e.